The first-order valence-electron chi connectivity index (χ1n) is 10.0. The standard InChI is InChI=1S/C23H29N4S2/c1-2-28-29-19-18-27-17-16-26(20-27)15-3-12-25-23-8-6-21(7-9-23)4-5-22-10-13-24-14-11-22/h4-11,13-14,16-17,20,25H,2-3,12,15,18-19H2,1H3/q+1/b5-4+. The normalized spacial score (nSPS) is 11.2. The molecular weight excluding hydrogens is 396 g/mol. The van der Waals surface area contributed by atoms with Crippen LogP contribution in [0.1, 0.15) is 24.5 Å². The maximum atomic E-state index is 4.04. The van der Waals surface area contributed by atoms with Crippen molar-refractivity contribution < 1.29 is 4.57 Å². The summed E-state index contributed by atoms with van der Waals surface area (Å²) in [5.41, 5.74) is 3.52. The summed E-state index contributed by atoms with van der Waals surface area (Å²) in [5, 5.41) is 3.51. The topological polar surface area (TPSA) is 33.7 Å². The molecule has 0 aliphatic rings. The Hall–Kier alpha value is -2.18. The zero-order valence-electron chi connectivity index (χ0n) is 16.9. The quantitative estimate of drug-likeness (QED) is 0.244. The summed E-state index contributed by atoms with van der Waals surface area (Å²) in [6.45, 7) is 5.27. The monoisotopic (exact) mass is 425 g/mol. The molecule has 1 aromatic carbocycles. The van der Waals surface area contributed by atoms with Crippen LogP contribution in [-0.4, -0.2) is 27.6 Å². The number of nitrogens with zero attached hydrogens (tertiary/aromatic N) is 3. The molecule has 0 aliphatic carbocycles. The highest BCUT2D eigenvalue weighted by Gasteiger charge is 2.03. The van der Waals surface area contributed by atoms with E-state index < -0.39 is 0 Å². The highest BCUT2D eigenvalue weighted by atomic mass is 33.1. The summed E-state index contributed by atoms with van der Waals surface area (Å²) >= 11 is 0. The van der Waals surface area contributed by atoms with E-state index >= 15 is 0 Å². The molecule has 0 spiro atoms. The first-order valence-corrected chi connectivity index (χ1v) is 12.5. The number of nitrogens with one attached hydrogen (secondary N) is 1. The zero-order valence-corrected chi connectivity index (χ0v) is 18.5. The van der Waals surface area contributed by atoms with Gasteiger partial charge in [-0.15, -0.1) is 0 Å². The van der Waals surface area contributed by atoms with E-state index in [-0.39, 0.29) is 0 Å². The fraction of sp³-hybridized carbons (Fsp3) is 0.304. The van der Waals surface area contributed by atoms with Gasteiger partial charge in [-0.05, 0) is 35.4 Å². The third-order valence-electron chi connectivity index (χ3n) is 4.39. The van der Waals surface area contributed by atoms with Crippen molar-refractivity contribution in [2.75, 3.05) is 23.4 Å². The minimum absolute atomic E-state index is 0.966. The highest BCUT2D eigenvalue weighted by Crippen LogP contribution is 2.20. The van der Waals surface area contributed by atoms with Crippen LogP contribution >= 0.6 is 21.6 Å². The molecule has 0 aliphatic heterocycles. The van der Waals surface area contributed by atoms with Gasteiger partial charge in [0.2, 0.25) is 6.33 Å². The molecule has 0 amide bonds. The Morgan fingerprint density at radius 1 is 1.03 bits per heavy atom. The summed E-state index contributed by atoms with van der Waals surface area (Å²) in [4.78, 5) is 4.04. The van der Waals surface area contributed by atoms with Gasteiger partial charge in [0.25, 0.3) is 0 Å². The van der Waals surface area contributed by atoms with Crippen LogP contribution in [0.4, 0.5) is 5.69 Å². The maximum Gasteiger partial charge on any atom is 0.243 e. The van der Waals surface area contributed by atoms with Crippen LogP contribution in [0.5, 0.6) is 0 Å². The molecule has 6 heteroatoms. The van der Waals surface area contributed by atoms with Crippen LogP contribution in [-0.2, 0) is 13.1 Å². The van der Waals surface area contributed by atoms with Gasteiger partial charge in [0, 0.05) is 42.6 Å². The average molecular weight is 426 g/mol. The largest absolute Gasteiger partial charge is 0.385 e. The van der Waals surface area contributed by atoms with Gasteiger partial charge < -0.3 is 5.32 Å². The lowest BCUT2D eigenvalue weighted by atomic mass is 10.1. The van der Waals surface area contributed by atoms with Crippen molar-refractivity contribution >= 4 is 39.4 Å². The van der Waals surface area contributed by atoms with Crippen LogP contribution in [0.15, 0.2) is 67.5 Å². The summed E-state index contributed by atoms with van der Waals surface area (Å²) in [6, 6.07) is 12.6. The van der Waals surface area contributed by atoms with Crippen LogP contribution in [0.2, 0.25) is 0 Å². The molecule has 0 atom stereocenters. The number of aromatic nitrogens is 3. The molecule has 3 rings (SSSR count). The number of imidazole rings is 1. The van der Waals surface area contributed by atoms with E-state index in [2.05, 4.69) is 81.5 Å². The lowest BCUT2D eigenvalue weighted by molar-refractivity contribution is -0.696. The van der Waals surface area contributed by atoms with Gasteiger partial charge >= 0.3 is 0 Å². The lowest BCUT2D eigenvalue weighted by Gasteiger charge is -2.05. The summed E-state index contributed by atoms with van der Waals surface area (Å²) in [5.74, 6) is 2.33. The minimum atomic E-state index is 0.966. The predicted octanol–water partition coefficient (Wildman–Crippen LogP) is 5.24. The number of hydrogen-bond acceptors (Lipinski definition) is 4. The van der Waals surface area contributed by atoms with Gasteiger partial charge in [-0.3, -0.25) is 4.98 Å². The first-order chi connectivity index (χ1) is 14.3. The third kappa shape index (κ3) is 7.99. The average Bonchev–Trinajstić information content (AvgIpc) is 3.22. The smallest absolute Gasteiger partial charge is 0.243 e. The van der Waals surface area contributed by atoms with E-state index in [1.165, 1.54) is 17.0 Å². The molecule has 0 unspecified atom stereocenters. The van der Waals surface area contributed by atoms with Crippen molar-refractivity contribution in [2.24, 2.45) is 0 Å². The second-order valence-corrected chi connectivity index (χ2v) is 9.51. The first kappa shape index (κ1) is 21.5. The fourth-order valence-electron chi connectivity index (χ4n) is 2.86. The molecular formula is C23H29N4S2+. The van der Waals surface area contributed by atoms with Gasteiger partial charge in [0.05, 0.1) is 13.1 Å². The Morgan fingerprint density at radius 2 is 1.79 bits per heavy atom. The Bertz CT molecular complexity index is 860. The molecule has 0 saturated carbocycles. The van der Waals surface area contributed by atoms with Crippen molar-refractivity contribution in [3.05, 3.63) is 78.6 Å². The van der Waals surface area contributed by atoms with Gasteiger partial charge in [0.1, 0.15) is 12.4 Å². The molecule has 0 fully saturated rings. The Labute approximate surface area is 181 Å². The van der Waals surface area contributed by atoms with E-state index in [4.69, 9.17) is 0 Å². The van der Waals surface area contributed by atoms with Gasteiger partial charge in [-0.2, -0.15) is 0 Å². The zero-order chi connectivity index (χ0) is 20.2. The maximum absolute atomic E-state index is 4.04. The molecule has 2 heterocycles. The SMILES string of the molecule is CCSSCCn1cc[n+](CCCNc2ccc(/C=C/c3ccncc3)cc2)c1. The number of benzene rings is 1. The minimum Gasteiger partial charge on any atom is -0.385 e. The van der Waals surface area contributed by atoms with E-state index in [0.717, 1.165) is 37.4 Å². The predicted molar refractivity (Wildman–Crippen MR) is 128 cm³/mol. The van der Waals surface area contributed by atoms with Crippen molar-refractivity contribution in [3.8, 4) is 0 Å². The van der Waals surface area contributed by atoms with E-state index in [0.29, 0.717) is 0 Å². The van der Waals surface area contributed by atoms with Crippen LogP contribution in [0.25, 0.3) is 12.2 Å². The number of rotatable bonds is 12. The molecule has 3 aromatic rings. The molecule has 0 radical (unpaired) electrons. The van der Waals surface area contributed by atoms with Gasteiger partial charge in [0.15, 0.2) is 0 Å². The molecule has 1 N–H and O–H groups in total. The van der Waals surface area contributed by atoms with Crippen molar-refractivity contribution in [1.82, 2.24) is 9.55 Å². The summed E-state index contributed by atoms with van der Waals surface area (Å²) in [7, 11) is 3.88. The second-order valence-electron chi connectivity index (χ2n) is 6.63. The third-order valence-corrected chi connectivity index (χ3v) is 6.85. The fourth-order valence-corrected chi connectivity index (χ4v) is 4.51. The summed E-state index contributed by atoms with van der Waals surface area (Å²) in [6.07, 6.45) is 15.5. The number of hydrogen-bond donors (Lipinski definition) is 1. The van der Waals surface area contributed by atoms with Crippen molar-refractivity contribution in [2.45, 2.75) is 26.4 Å². The lowest BCUT2D eigenvalue weighted by Crippen LogP contribution is -2.32. The van der Waals surface area contributed by atoms with Gasteiger partial charge in [-0.25, -0.2) is 9.13 Å². The van der Waals surface area contributed by atoms with Crippen LogP contribution < -0.4 is 9.88 Å². The summed E-state index contributed by atoms with van der Waals surface area (Å²) < 4.78 is 4.54. The highest BCUT2D eigenvalue weighted by molar-refractivity contribution is 8.76. The molecule has 2 aromatic heterocycles. The molecule has 0 bridgehead atoms. The number of aryl methyl sites for hydroxylation is 2. The van der Waals surface area contributed by atoms with Crippen LogP contribution in [0, 0.1) is 0 Å². The molecule has 29 heavy (non-hydrogen) atoms. The number of pyridine rings is 1. The van der Waals surface area contributed by atoms with E-state index in [1.807, 2.05) is 46.1 Å². The van der Waals surface area contributed by atoms with Crippen LogP contribution in [0.3, 0.4) is 0 Å². The Balaban J connectivity index is 1.35. The molecule has 152 valence electrons. The molecule has 0 saturated heterocycles. The van der Waals surface area contributed by atoms with E-state index in [1.54, 1.807) is 0 Å². The number of anilines is 1. The van der Waals surface area contributed by atoms with Gasteiger partial charge in [-0.1, -0.05) is 52.8 Å². The van der Waals surface area contributed by atoms with E-state index in [9.17, 15) is 0 Å². The van der Waals surface area contributed by atoms with Crippen molar-refractivity contribution in [3.63, 3.8) is 0 Å². The Morgan fingerprint density at radius 3 is 2.55 bits per heavy atom. The van der Waals surface area contributed by atoms with Crippen molar-refractivity contribution in [1.29, 1.82) is 0 Å². The second kappa shape index (κ2) is 12.4. The Kier molecular flexibility index (Phi) is 9.20. The molecule has 4 nitrogen and oxygen atoms in total.